The summed E-state index contributed by atoms with van der Waals surface area (Å²) in [5.74, 6) is 0. The highest BCUT2D eigenvalue weighted by Gasteiger charge is 2.44. The first-order valence-corrected chi connectivity index (χ1v) is 4.69. The highest BCUT2D eigenvalue weighted by Crippen LogP contribution is 2.36. The van der Waals surface area contributed by atoms with Gasteiger partial charge in [0, 0.05) is 26.1 Å². The fourth-order valence-corrected chi connectivity index (χ4v) is 1.52. The molecule has 3 rings (SSSR count). The quantitative estimate of drug-likeness (QED) is 0.677. The lowest BCUT2D eigenvalue weighted by molar-refractivity contribution is -0.0871. The molecule has 72 valence electrons. The van der Waals surface area contributed by atoms with Gasteiger partial charge >= 0.3 is 0 Å². The van der Waals surface area contributed by atoms with E-state index < -0.39 is 0 Å². The molecule has 3 aliphatic rings. The fourth-order valence-electron chi connectivity index (χ4n) is 1.52. The van der Waals surface area contributed by atoms with Gasteiger partial charge in [-0.1, -0.05) is 0 Å². The van der Waals surface area contributed by atoms with Gasteiger partial charge < -0.3 is 14.6 Å². The second-order valence-corrected chi connectivity index (χ2v) is 3.12. The lowest BCUT2D eigenvalue weighted by atomic mass is 10.2. The largest absolute Gasteiger partial charge is 0.390 e. The minimum Gasteiger partial charge on any atom is -0.390 e. The van der Waals surface area contributed by atoms with Gasteiger partial charge in [0.05, 0.1) is 18.3 Å². The van der Waals surface area contributed by atoms with Crippen LogP contribution >= 0.6 is 0 Å². The Bertz CT molecular complexity index is 119. The van der Waals surface area contributed by atoms with Crippen LogP contribution < -0.4 is 0 Å². The van der Waals surface area contributed by atoms with Crippen LogP contribution in [0.15, 0.2) is 0 Å². The van der Waals surface area contributed by atoms with E-state index in [4.69, 9.17) is 14.6 Å². The summed E-state index contributed by atoms with van der Waals surface area (Å²) in [7, 11) is 0. The van der Waals surface area contributed by atoms with Gasteiger partial charge in [0.15, 0.2) is 0 Å². The van der Waals surface area contributed by atoms with Crippen LogP contribution in [0.25, 0.3) is 0 Å². The predicted molar refractivity (Wildman–Crippen MR) is 46.1 cm³/mol. The summed E-state index contributed by atoms with van der Waals surface area (Å²) in [6, 6.07) is 0. The number of hydrogen-bond donors (Lipinski definition) is 1. The number of aliphatic hydroxyl groups excluding tert-OH is 1. The summed E-state index contributed by atoms with van der Waals surface area (Å²) >= 11 is 0. The van der Waals surface area contributed by atoms with E-state index in [9.17, 15) is 0 Å². The molecule has 3 atom stereocenters. The number of hydrogen-bond acceptors (Lipinski definition) is 3. The predicted octanol–water partition coefficient (Wildman–Crippen LogP) is 0.951. The van der Waals surface area contributed by atoms with E-state index in [0.29, 0.717) is 6.10 Å². The normalized spacial score (nSPS) is 36.8. The van der Waals surface area contributed by atoms with Crippen LogP contribution in [0.1, 0.15) is 26.7 Å². The van der Waals surface area contributed by atoms with Gasteiger partial charge in [-0.15, -0.1) is 0 Å². The Kier molecular flexibility index (Phi) is 3.98. The molecule has 0 aromatic heterocycles. The Morgan fingerprint density at radius 3 is 2.00 bits per heavy atom. The average Bonchev–Trinajstić information content (AvgIpc) is 2.46. The minimum absolute atomic E-state index is 0.134. The van der Waals surface area contributed by atoms with Crippen molar-refractivity contribution in [3.8, 4) is 0 Å². The van der Waals surface area contributed by atoms with Crippen molar-refractivity contribution in [3.63, 3.8) is 0 Å². The SMILES string of the molecule is CCOCC.OC1CC2CC1O2. The average molecular weight is 174 g/mol. The molecule has 1 aliphatic carbocycles. The van der Waals surface area contributed by atoms with E-state index in [1.165, 1.54) is 0 Å². The standard InChI is InChI=1S/C5H8O2.C4H10O/c6-4-1-3-2-5(4)7-3;1-3-5-4-2/h3-6H,1-2H2;3-4H2,1-2H3. The van der Waals surface area contributed by atoms with Crippen molar-refractivity contribution in [3.05, 3.63) is 0 Å². The molecule has 1 saturated carbocycles. The minimum atomic E-state index is -0.134. The third kappa shape index (κ3) is 2.44. The second kappa shape index (κ2) is 4.80. The van der Waals surface area contributed by atoms with Crippen LogP contribution in [0.4, 0.5) is 0 Å². The van der Waals surface area contributed by atoms with Gasteiger partial charge in [0.2, 0.25) is 0 Å². The Hall–Kier alpha value is -0.120. The Balaban J connectivity index is 0.000000130. The lowest BCUT2D eigenvalue weighted by Gasteiger charge is -2.23. The topological polar surface area (TPSA) is 38.7 Å². The maximum atomic E-state index is 8.91. The molecule has 3 nitrogen and oxygen atoms in total. The second-order valence-electron chi connectivity index (χ2n) is 3.12. The summed E-state index contributed by atoms with van der Waals surface area (Å²) < 4.78 is 9.95. The molecule has 3 unspecified atom stereocenters. The molecule has 0 radical (unpaired) electrons. The van der Waals surface area contributed by atoms with Gasteiger partial charge in [-0.2, -0.15) is 0 Å². The van der Waals surface area contributed by atoms with E-state index in [1.807, 2.05) is 13.8 Å². The van der Waals surface area contributed by atoms with Gasteiger partial charge in [0.1, 0.15) is 0 Å². The monoisotopic (exact) mass is 174 g/mol. The first-order chi connectivity index (χ1) is 5.77. The number of rotatable bonds is 2. The zero-order valence-electron chi connectivity index (χ0n) is 7.82. The first kappa shape index (κ1) is 9.96. The Morgan fingerprint density at radius 2 is 1.92 bits per heavy atom. The Morgan fingerprint density at radius 1 is 1.33 bits per heavy atom. The van der Waals surface area contributed by atoms with Crippen molar-refractivity contribution in [2.45, 2.75) is 45.0 Å². The molecule has 2 heterocycles. The van der Waals surface area contributed by atoms with Crippen molar-refractivity contribution in [1.82, 2.24) is 0 Å². The first-order valence-electron chi connectivity index (χ1n) is 4.69. The number of fused-ring (bicyclic) bond motifs is 1. The molecule has 12 heavy (non-hydrogen) atoms. The molecule has 0 amide bonds. The molecule has 1 N–H and O–H groups in total. The number of ether oxygens (including phenoxy) is 2. The van der Waals surface area contributed by atoms with Crippen molar-refractivity contribution in [1.29, 1.82) is 0 Å². The molecule has 2 bridgehead atoms. The van der Waals surface area contributed by atoms with Gasteiger partial charge in [-0.3, -0.25) is 0 Å². The molecule has 3 fully saturated rings. The van der Waals surface area contributed by atoms with E-state index in [-0.39, 0.29) is 12.2 Å². The van der Waals surface area contributed by atoms with Crippen molar-refractivity contribution < 1.29 is 14.6 Å². The lowest BCUT2D eigenvalue weighted by Crippen LogP contribution is -2.29. The smallest absolute Gasteiger partial charge is 0.0863 e. The molecule has 2 saturated heterocycles. The van der Waals surface area contributed by atoms with Gasteiger partial charge in [0.25, 0.3) is 0 Å². The van der Waals surface area contributed by atoms with E-state index in [0.717, 1.165) is 26.1 Å². The zero-order chi connectivity index (χ0) is 8.97. The summed E-state index contributed by atoms with van der Waals surface area (Å²) in [5.41, 5.74) is 0. The van der Waals surface area contributed by atoms with Gasteiger partial charge in [-0.05, 0) is 13.8 Å². The zero-order valence-corrected chi connectivity index (χ0v) is 7.82. The molecule has 3 heteroatoms. The summed E-state index contributed by atoms with van der Waals surface area (Å²) in [6.07, 6.45) is 2.47. The van der Waals surface area contributed by atoms with Crippen LogP contribution in [0, 0.1) is 0 Å². The van der Waals surface area contributed by atoms with Crippen molar-refractivity contribution in [2.75, 3.05) is 13.2 Å². The summed E-state index contributed by atoms with van der Waals surface area (Å²) in [4.78, 5) is 0. The van der Waals surface area contributed by atoms with Crippen LogP contribution in [0.5, 0.6) is 0 Å². The molecule has 0 spiro atoms. The van der Waals surface area contributed by atoms with Crippen LogP contribution in [0.3, 0.4) is 0 Å². The van der Waals surface area contributed by atoms with E-state index >= 15 is 0 Å². The Labute approximate surface area is 73.7 Å². The summed E-state index contributed by atoms with van der Waals surface area (Å²) in [5, 5.41) is 8.91. The van der Waals surface area contributed by atoms with Gasteiger partial charge in [-0.25, -0.2) is 0 Å². The molecule has 0 aromatic rings. The number of aliphatic hydroxyl groups is 1. The maximum Gasteiger partial charge on any atom is 0.0863 e. The fraction of sp³-hybridized carbons (Fsp3) is 1.00. The molecular formula is C9H18O3. The van der Waals surface area contributed by atoms with Crippen LogP contribution in [-0.4, -0.2) is 36.6 Å². The van der Waals surface area contributed by atoms with Crippen molar-refractivity contribution in [2.24, 2.45) is 0 Å². The maximum absolute atomic E-state index is 8.91. The summed E-state index contributed by atoms with van der Waals surface area (Å²) in [6.45, 7) is 5.67. The molecular weight excluding hydrogens is 156 g/mol. The third-order valence-corrected chi connectivity index (χ3v) is 2.20. The third-order valence-electron chi connectivity index (χ3n) is 2.20. The highest BCUT2D eigenvalue weighted by molar-refractivity contribution is 4.93. The van der Waals surface area contributed by atoms with Crippen LogP contribution in [0.2, 0.25) is 0 Å². The van der Waals surface area contributed by atoms with E-state index in [1.54, 1.807) is 0 Å². The van der Waals surface area contributed by atoms with E-state index in [2.05, 4.69) is 0 Å². The molecule has 0 aromatic carbocycles. The molecule has 2 aliphatic heterocycles. The van der Waals surface area contributed by atoms with Crippen LogP contribution in [-0.2, 0) is 9.47 Å². The highest BCUT2D eigenvalue weighted by atomic mass is 16.5. The van der Waals surface area contributed by atoms with Crippen molar-refractivity contribution >= 4 is 0 Å².